The highest BCUT2D eigenvalue weighted by Crippen LogP contribution is 2.32. The maximum atomic E-state index is 9.86. The zero-order valence-electron chi connectivity index (χ0n) is 9.88. The largest absolute Gasteiger partial charge is 0.512 e. The van der Waals surface area contributed by atoms with Gasteiger partial charge in [-0.1, -0.05) is 25.5 Å². The molecule has 0 saturated carbocycles. The lowest BCUT2D eigenvalue weighted by atomic mass is 9.85. The number of hydrogen-bond donors (Lipinski definition) is 2. The molecule has 84 valence electrons. The van der Waals surface area contributed by atoms with Crippen molar-refractivity contribution in [3.8, 4) is 0 Å². The van der Waals surface area contributed by atoms with E-state index in [-0.39, 0.29) is 5.92 Å². The second-order valence-corrected chi connectivity index (χ2v) is 4.08. The highest BCUT2D eigenvalue weighted by molar-refractivity contribution is 5.34. The molecular formula is C13H21NO. The van der Waals surface area contributed by atoms with Crippen molar-refractivity contribution < 1.29 is 5.11 Å². The highest BCUT2D eigenvalue weighted by atomic mass is 16.3. The first-order valence-corrected chi connectivity index (χ1v) is 5.64. The van der Waals surface area contributed by atoms with Gasteiger partial charge in [-0.2, -0.15) is 0 Å². The highest BCUT2D eigenvalue weighted by Gasteiger charge is 2.22. The zero-order chi connectivity index (χ0) is 11.4. The summed E-state index contributed by atoms with van der Waals surface area (Å²) in [5, 5.41) is 9.86. The molecule has 0 aliphatic heterocycles. The summed E-state index contributed by atoms with van der Waals surface area (Å²) in [6.07, 6.45) is 6.66. The lowest BCUT2D eigenvalue weighted by molar-refractivity contribution is 0.340. The molecule has 1 aliphatic carbocycles. The van der Waals surface area contributed by atoms with E-state index in [1.807, 2.05) is 19.1 Å². The summed E-state index contributed by atoms with van der Waals surface area (Å²) in [5.74, 6) is 0.413. The Hall–Kier alpha value is -1.18. The van der Waals surface area contributed by atoms with Crippen LogP contribution in [0.25, 0.3) is 0 Å². The number of rotatable bonds is 3. The average molecular weight is 207 g/mol. The lowest BCUT2D eigenvalue weighted by Crippen LogP contribution is -2.18. The van der Waals surface area contributed by atoms with Crippen LogP contribution in [0.5, 0.6) is 0 Å². The van der Waals surface area contributed by atoms with Gasteiger partial charge in [0.15, 0.2) is 0 Å². The summed E-state index contributed by atoms with van der Waals surface area (Å²) in [7, 11) is 0. The quantitative estimate of drug-likeness (QED) is 0.744. The molecule has 0 spiro atoms. The van der Waals surface area contributed by atoms with E-state index in [4.69, 9.17) is 5.73 Å². The Morgan fingerprint density at radius 3 is 2.80 bits per heavy atom. The molecule has 1 unspecified atom stereocenters. The third-order valence-electron chi connectivity index (χ3n) is 3.00. The van der Waals surface area contributed by atoms with E-state index in [1.165, 1.54) is 11.1 Å². The van der Waals surface area contributed by atoms with Crippen LogP contribution in [0.4, 0.5) is 0 Å². The molecule has 0 saturated heterocycles. The van der Waals surface area contributed by atoms with Crippen LogP contribution < -0.4 is 5.73 Å². The molecular weight excluding hydrogens is 186 g/mol. The number of aliphatic hydroxyl groups excluding tert-OH is 1. The SMILES string of the molecule is CC/C=C(\N)C1CC(CC)=C(C)C=C1O. The standard InChI is InChI=1S/C13H21NO/c1-4-6-12(14)11-8-10(5-2)9(3)7-13(11)15/h6-7,11,15H,4-5,8,14H2,1-3H3/b12-6-. The second kappa shape index (κ2) is 5.06. The van der Waals surface area contributed by atoms with Crippen molar-refractivity contribution in [2.75, 3.05) is 0 Å². The van der Waals surface area contributed by atoms with Crippen LogP contribution in [-0.2, 0) is 0 Å². The molecule has 1 rings (SSSR count). The summed E-state index contributed by atoms with van der Waals surface area (Å²) >= 11 is 0. The van der Waals surface area contributed by atoms with Gasteiger partial charge in [0.2, 0.25) is 0 Å². The number of aliphatic hydroxyl groups is 1. The molecule has 0 aromatic heterocycles. The van der Waals surface area contributed by atoms with Crippen LogP contribution in [0.1, 0.15) is 40.0 Å². The van der Waals surface area contributed by atoms with E-state index in [2.05, 4.69) is 13.8 Å². The van der Waals surface area contributed by atoms with Crippen molar-refractivity contribution in [2.45, 2.75) is 40.0 Å². The van der Waals surface area contributed by atoms with Crippen molar-refractivity contribution in [1.82, 2.24) is 0 Å². The first kappa shape index (κ1) is 11.9. The predicted molar refractivity (Wildman–Crippen MR) is 64.4 cm³/mol. The molecule has 0 fully saturated rings. The van der Waals surface area contributed by atoms with E-state index in [0.29, 0.717) is 5.76 Å². The molecule has 3 N–H and O–H groups in total. The zero-order valence-corrected chi connectivity index (χ0v) is 9.88. The van der Waals surface area contributed by atoms with Gasteiger partial charge in [-0.25, -0.2) is 0 Å². The topological polar surface area (TPSA) is 46.2 Å². The summed E-state index contributed by atoms with van der Waals surface area (Å²) in [4.78, 5) is 0. The Balaban J connectivity index is 2.91. The molecule has 0 aromatic rings. The van der Waals surface area contributed by atoms with Gasteiger partial charge in [-0.3, -0.25) is 0 Å². The second-order valence-electron chi connectivity index (χ2n) is 4.08. The fourth-order valence-corrected chi connectivity index (χ4v) is 2.03. The minimum atomic E-state index is 0.00333. The van der Waals surface area contributed by atoms with E-state index in [1.54, 1.807) is 0 Å². The molecule has 0 amide bonds. The Morgan fingerprint density at radius 1 is 1.60 bits per heavy atom. The molecule has 15 heavy (non-hydrogen) atoms. The minimum Gasteiger partial charge on any atom is -0.512 e. The monoisotopic (exact) mass is 207 g/mol. The Labute approximate surface area is 92.2 Å². The minimum absolute atomic E-state index is 0.00333. The van der Waals surface area contributed by atoms with Gasteiger partial charge >= 0.3 is 0 Å². The molecule has 0 radical (unpaired) electrons. The molecule has 1 aliphatic rings. The van der Waals surface area contributed by atoms with Crippen molar-refractivity contribution in [2.24, 2.45) is 11.7 Å². The van der Waals surface area contributed by atoms with Gasteiger partial charge in [0, 0.05) is 5.70 Å². The Kier molecular flexibility index (Phi) is 4.01. The third kappa shape index (κ3) is 2.65. The Bertz CT molecular complexity index is 323. The molecule has 2 heteroatoms. The first-order valence-electron chi connectivity index (χ1n) is 5.64. The fourth-order valence-electron chi connectivity index (χ4n) is 2.03. The summed E-state index contributed by atoms with van der Waals surface area (Å²) in [6, 6.07) is 0. The van der Waals surface area contributed by atoms with Gasteiger partial charge in [-0.05, 0) is 37.8 Å². The van der Waals surface area contributed by atoms with Crippen LogP contribution in [0, 0.1) is 5.92 Å². The van der Waals surface area contributed by atoms with Gasteiger partial charge in [0.1, 0.15) is 5.76 Å². The number of nitrogens with two attached hydrogens (primary N) is 1. The first-order chi connectivity index (χ1) is 7.10. The van der Waals surface area contributed by atoms with Gasteiger partial charge in [0.25, 0.3) is 0 Å². The number of allylic oxidation sites excluding steroid dienone is 4. The van der Waals surface area contributed by atoms with Gasteiger partial charge < -0.3 is 10.8 Å². The van der Waals surface area contributed by atoms with Crippen molar-refractivity contribution in [3.05, 3.63) is 34.8 Å². The molecule has 0 heterocycles. The van der Waals surface area contributed by atoms with Crippen LogP contribution in [-0.4, -0.2) is 5.11 Å². The third-order valence-corrected chi connectivity index (χ3v) is 3.00. The van der Waals surface area contributed by atoms with Crippen molar-refractivity contribution >= 4 is 0 Å². The van der Waals surface area contributed by atoms with Crippen molar-refractivity contribution in [1.29, 1.82) is 0 Å². The van der Waals surface area contributed by atoms with Crippen LogP contribution in [0.3, 0.4) is 0 Å². The van der Waals surface area contributed by atoms with Gasteiger partial charge in [-0.15, -0.1) is 0 Å². The van der Waals surface area contributed by atoms with E-state index in [0.717, 1.165) is 25.0 Å². The maximum absolute atomic E-state index is 9.86. The summed E-state index contributed by atoms with van der Waals surface area (Å²) in [6.45, 7) is 6.25. The van der Waals surface area contributed by atoms with E-state index >= 15 is 0 Å². The summed E-state index contributed by atoms with van der Waals surface area (Å²) in [5.41, 5.74) is 9.33. The Morgan fingerprint density at radius 2 is 2.27 bits per heavy atom. The molecule has 0 aromatic carbocycles. The van der Waals surface area contributed by atoms with Gasteiger partial charge in [0.05, 0.1) is 5.92 Å². The maximum Gasteiger partial charge on any atom is 0.102 e. The van der Waals surface area contributed by atoms with Crippen LogP contribution in [0.15, 0.2) is 34.8 Å². The molecule has 0 bridgehead atoms. The van der Waals surface area contributed by atoms with Crippen LogP contribution >= 0.6 is 0 Å². The van der Waals surface area contributed by atoms with E-state index < -0.39 is 0 Å². The van der Waals surface area contributed by atoms with Crippen molar-refractivity contribution in [3.63, 3.8) is 0 Å². The van der Waals surface area contributed by atoms with Crippen LogP contribution in [0.2, 0.25) is 0 Å². The molecule has 2 nitrogen and oxygen atoms in total. The predicted octanol–water partition coefficient (Wildman–Crippen LogP) is 3.43. The van der Waals surface area contributed by atoms with E-state index in [9.17, 15) is 5.11 Å². The smallest absolute Gasteiger partial charge is 0.102 e. The number of hydrogen-bond acceptors (Lipinski definition) is 2. The fraction of sp³-hybridized carbons (Fsp3) is 0.538. The summed E-state index contributed by atoms with van der Waals surface area (Å²) < 4.78 is 0. The average Bonchev–Trinajstić information content (AvgIpc) is 2.18. The normalized spacial score (nSPS) is 23.0. The lowest BCUT2D eigenvalue weighted by Gasteiger charge is -2.24. The molecule has 1 atom stereocenters.